The van der Waals surface area contributed by atoms with Crippen molar-refractivity contribution >= 4 is 15.8 Å². The molecule has 2 aromatic rings. The highest BCUT2D eigenvalue weighted by Gasteiger charge is 2.18. The van der Waals surface area contributed by atoms with Gasteiger partial charge in [-0.1, -0.05) is 18.2 Å². The van der Waals surface area contributed by atoms with E-state index in [1.165, 1.54) is 39.3 Å². The third kappa shape index (κ3) is 4.60. The number of rotatable bonds is 8. The van der Waals surface area contributed by atoms with E-state index in [-0.39, 0.29) is 17.2 Å². The van der Waals surface area contributed by atoms with Crippen LogP contribution in [0.2, 0.25) is 0 Å². The summed E-state index contributed by atoms with van der Waals surface area (Å²) in [6.07, 6.45) is -1.08. The number of Topliss-reactive ketones (excluding diaryl/α,β-unsaturated/α-hetero) is 1. The van der Waals surface area contributed by atoms with Crippen molar-refractivity contribution in [3.05, 3.63) is 53.6 Å². The van der Waals surface area contributed by atoms with Gasteiger partial charge in [0.1, 0.15) is 0 Å². The minimum Gasteiger partial charge on any atom is -0.493 e. The third-order valence-electron chi connectivity index (χ3n) is 3.81. The maximum absolute atomic E-state index is 12.4. The molecule has 1 atom stereocenters. The summed E-state index contributed by atoms with van der Waals surface area (Å²) in [6.45, 7) is 1.13. The van der Waals surface area contributed by atoms with E-state index in [1.54, 1.807) is 24.3 Å². The van der Waals surface area contributed by atoms with Crippen LogP contribution in [-0.2, 0) is 10.0 Å². The largest absolute Gasteiger partial charge is 0.493 e. The molecule has 8 heteroatoms. The Morgan fingerprint density at radius 1 is 1.12 bits per heavy atom. The lowest BCUT2D eigenvalue weighted by molar-refractivity contribution is 0.101. The number of carbonyl (C=O) groups excluding carboxylic acids is 1. The summed E-state index contributed by atoms with van der Waals surface area (Å²) in [7, 11) is -0.898. The summed E-state index contributed by atoms with van der Waals surface area (Å²) in [4.78, 5) is 11.4. The van der Waals surface area contributed by atoms with Crippen LogP contribution in [0.4, 0.5) is 0 Å². The molecule has 0 heterocycles. The first-order valence-corrected chi connectivity index (χ1v) is 9.27. The SMILES string of the molecule is COc1ccc(C(O)CNS(=O)(=O)c2cccc(C(C)=O)c2)cc1OC. The molecule has 0 fully saturated rings. The van der Waals surface area contributed by atoms with E-state index in [4.69, 9.17) is 9.47 Å². The van der Waals surface area contributed by atoms with Crippen LogP contribution >= 0.6 is 0 Å². The first-order chi connectivity index (χ1) is 12.3. The summed E-state index contributed by atoms with van der Waals surface area (Å²) in [6, 6.07) is 10.5. The predicted molar refractivity (Wildman–Crippen MR) is 96.1 cm³/mol. The smallest absolute Gasteiger partial charge is 0.240 e. The van der Waals surface area contributed by atoms with Crippen LogP contribution in [0.3, 0.4) is 0 Å². The number of ketones is 1. The second-order valence-electron chi connectivity index (χ2n) is 5.57. The number of ether oxygens (including phenoxy) is 2. The lowest BCUT2D eigenvalue weighted by Crippen LogP contribution is -2.28. The number of hydrogen-bond acceptors (Lipinski definition) is 6. The van der Waals surface area contributed by atoms with Crippen LogP contribution in [-0.4, -0.2) is 40.1 Å². The van der Waals surface area contributed by atoms with E-state index < -0.39 is 16.1 Å². The van der Waals surface area contributed by atoms with Crippen molar-refractivity contribution in [2.45, 2.75) is 17.9 Å². The zero-order chi connectivity index (χ0) is 19.3. The molecule has 0 radical (unpaired) electrons. The fourth-order valence-electron chi connectivity index (χ4n) is 2.33. The number of aliphatic hydroxyl groups excluding tert-OH is 1. The molecule has 0 aliphatic carbocycles. The third-order valence-corrected chi connectivity index (χ3v) is 5.23. The number of sulfonamides is 1. The molecule has 1 unspecified atom stereocenters. The van der Waals surface area contributed by atoms with Crippen LogP contribution < -0.4 is 14.2 Å². The molecule has 2 aromatic carbocycles. The monoisotopic (exact) mass is 379 g/mol. The molecule has 2 N–H and O–H groups in total. The second kappa shape index (κ2) is 8.31. The van der Waals surface area contributed by atoms with Crippen molar-refractivity contribution in [3.8, 4) is 11.5 Å². The highest BCUT2D eigenvalue weighted by Crippen LogP contribution is 2.29. The molecular weight excluding hydrogens is 358 g/mol. The van der Waals surface area contributed by atoms with E-state index in [2.05, 4.69) is 4.72 Å². The van der Waals surface area contributed by atoms with Crippen molar-refractivity contribution in [2.24, 2.45) is 0 Å². The van der Waals surface area contributed by atoms with Crippen LogP contribution in [0.5, 0.6) is 11.5 Å². The molecular formula is C18H21NO6S. The minimum atomic E-state index is -3.87. The maximum atomic E-state index is 12.4. The summed E-state index contributed by atoms with van der Waals surface area (Å²) in [5.41, 5.74) is 0.774. The average molecular weight is 379 g/mol. The summed E-state index contributed by atoms with van der Waals surface area (Å²) in [5, 5.41) is 10.3. The van der Waals surface area contributed by atoms with Gasteiger partial charge in [-0.05, 0) is 36.8 Å². The number of hydrogen-bond donors (Lipinski definition) is 2. The Morgan fingerprint density at radius 2 is 1.81 bits per heavy atom. The van der Waals surface area contributed by atoms with Crippen LogP contribution in [0.25, 0.3) is 0 Å². The van der Waals surface area contributed by atoms with Crippen LogP contribution in [0.1, 0.15) is 28.9 Å². The average Bonchev–Trinajstić information content (AvgIpc) is 2.65. The fourth-order valence-corrected chi connectivity index (χ4v) is 3.42. The fraction of sp³-hybridized carbons (Fsp3) is 0.278. The molecule has 0 aliphatic rings. The molecule has 0 aromatic heterocycles. The van der Waals surface area contributed by atoms with Crippen LogP contribution in [0, 0.1) is 0 Å². The Bertz CT molecular complexity index is 894. The summed E-state index contributed by atoms with van der Waals surface area (Å²) >= 11 is 0. The number of carbonyl (C=O) groups is 1. The van der Waals surface area contributed by atoms with Crippen molar-refractivity contribution in [3.63, 3.8) is 0 Å². The van der Waals surface area contributed by atoms with E-state index in [0.717, 1.165) is 0 Å². The predicted octanol–water partition coefficient (Wildman–Crippen LogP) is 1.92. The highest BCUT2D eigenvalue weighted by molar-refractivity contribution is 7.89. The van der Waals surface area contributed by atoms with Gasteiger partial charge < -0.3 is 14.6 Å². The van der Waals surface area contributed by atoms with Gasteiger partial charge in [0.05, 0.1) is 25.2 Å². The van der Waals surface area contributed by atoms with Gasteiger partial charge >= 0.3 is 0 Å². The minimum absolute atomic E-state index is 0.0373. The Kier molecular flexibility index (Phi) is 6.36. The molecule has 26 heavy (non-hydrogen) atoms. The molecule has 0 saturated heterocycles. The molecule has 0 spiro atoms. The Hall–Kier alpha value is -2.42. The van der Waals surface area contributed by atoms with Gasteiger partial charge in [0.2, 0.25) is 10.0 Å². The normalized spacial score (nSPS) is 12.5. The Morgan fingerprint density at radius 3 is 2.42 bits per heavy atom. The molecule has 140 valence electrons. The van der Waals surface area contributed by atoms with E-state index >= 15 is 0 Å². The van der Waals surface area contributed by atoms with Gasteiger partial charge in [-0.2, -0.15) is 0 Å². The number of benzene rings is 2. The van der Waals surface area contributed by atoms with Gasteiger partial charge in [-0.15, -0.1) is 0 Å². The van der Waals surface area contributed by atoms with Gasteiger partial charge in [0, 0.05) is 12.1 Å². The summed E-state index contributed by atoms with van der Waals surface area (Å²) < 4.78 is 37.4. The van der Waals surface area contributed by atoms with E-state index in [0.29, 0.717) is 22.6 Å². The molecule has 7 nitrogen and oxygen atoms in total. The van der Waals surface area contributed by atoms with Crippen molar-refractivity contribution in [1.82, 2.24) is 4.72 Å². The Balaban J connectivity index is 2.14. The molecule has 0 aliphatic heterocycles. The number of nitrogens with one attached hydrogen (secondary N) is 1. The molecule has 0 amide bonds. The number of methoxy groups -OCH3 is 2. The van der Waals surface area contributed by atoms with Crippen molar-refractivity contribution in [1.29, 1.82) is 0 Å². The lowest BCUT2D eigenvalue weighted by atomic mass is 10.1. The molecule has 0 bridgehead atoms. The first-order valence-electron chi connectivity index (χ1n) is 7.79. The van der Waals surface area contributed by atoms with Gasteiger partial charge in [0.15, 0.2) is 17.3 Å². The number of aliphatic hydroxyl groups is 1. The topological polar surface area (TPSA) is 102 Å². The summed E-state index contributed by atoms with van der Waals surface area (Å²) in [5.74, 6) is 0.707. The van der Waals surface area contributed by atoms with Gasteiger partial charge in [-0.25, -0.2) is 13.1 Å². The molecule has 0 saturated carbocycles. The zero-order valence-corrected chi connectivity index (χ0v) is 15.5. The Labute approximate surface area is 152 Å². The van der Waals surface area contributed by atoms with Crippen molar-refractivity contribution in [2.75, 3.05) is 20.8 Å². The zero-order valence-electron chi connectivity index (χ0n) is 14.7. The van der Waals surface area contributed by atoms with Gasteiger partial charge in [-0.3, -0.25) is 4.79 Å². The second-order valence-corrected chi connectivity index (χ2v) is 7.33. The quantitative estimate of drug-likeness (QED) is 0.680. The maximum Gasteiger partial charge on any atom is 0.240 e. The molecule has 2 rings (SSSR count). The van der Waals surface area contributed by atoms with Gasteiger partial charge in [0.25, 0.3) is 0 Å². The van der Waals surface area contributed by atoms with Crippen LogP contribution in [0.15, 0.2) is 47.4 Å². The highest BCUT2D eigenvalue weighted by atomic mass is 32.2. The van der Waals surface area contributed by atoms with Crippen molar-refractivity contribution < 1.29 is 27.8 Å². The lowest BCUT2D eigenvalue weighted by Gasteiger charge is -2.15. The van der Waals surface area contributed by atoms with E-state index in [9.17, 15) is 18.3 Å². The first kappa shape index (κ1) is 19.9. The standard InChI is InChI=1S/C18H21NO6S/c1-12(20)13-5-4-6-15(9-13)26(22,23)19-11-16(21)14-7-8-17(24-2)18(10-14)25-3/h4-10,16,19,21H,11H2,1-3H3. The van der Waals surface area contributed by atoms with E-state index in [1.807, 2.05) is 0 Å².